The molecular formula is C25H23N7. The largest absolute Gasteiger partial charge is 0.365 e. The minimum Gasteiger partial charge on any atom is -0.365 e. The lowest BCUT2D eigenvalue weighted by molar-refractivity contribution is 1.08. The average molecular weight is 422 g/mol. The maximum atomic E-state index is 4.60. The fourth-order valence-corrected chi connectivity index (χ4v) is 3.36. The fraction of sp³-hybridized carbons (Fsp3) is 0.120. The van der Waals surface area contributed by atoms with Crippen molar-refractivity contribution in [3.63, 3.8) is 0 Å². The van der Waals surface area contributed by atoms with Gasteiger partial charge in [-0.1, -0.05) is 12.1 Å². The lowest BCUT2D eigenvalue weighted by atomic mass is 10.1. The summed E-state index contributed by atoms with van der Waals surface area (Å²) in [5.74, 6) is 0.766. The number of nitrogens with one attached hydrogen (secondary N) is 1. The lowest BCUT2D eigenvalue weighted by Gasteiger charge is -2.10. The van der Waals surface area contributed by atoms with Crippen molar-refractivity contribution in [2.24, 2.45) is 9.98 Å². The van der Waals surface area contributed by atoms with Crippen LogP contribution in [-0.4, -0.2) is 32.9 Å². The van der Waals surface area contributed by atoms with Crippen LogP contribution in [0, 0.1) is 6.92 Å². The summed E-state index contributed by atoms with van der Waals surface area (Å²) in [6, 6.07) is 14.0. The van der Waals surface area contributed by atoms with Crippen LogP contribution in [0.1, 0.15) is 23.7 Å². The molecule has 0 radical (unpaired) electrons. The molecule has 0 unspecified atom stereocenters. The number of hydrogen-bond acceptors (Lipinski definition) is 7. The van der Waals surface area contributed by atoms with E-state index >= 15 is 0 Å². The van der Waals surface area contributed by atoms with E-state index in [0.717, 1.165) is 50.5 Å². The number of hydrogen-bond donors (Lipinski definition) is 1. The number of aryl methyl sites for hydroxylation is 1. The van der Waals surface area contributed by atoms with Gasteiger partial charge < -0.3 is 5.32 Å². The van der Waals surface area contributed by atoms with Gasteiger partial charge in [0, 0.05) is 47.4 Å². The molecule has 3 heterocycles. The van der Waals surface area contributed by atoms with E-state index in [2.05, 4.69) is 48.0 Å². The summed E-state index contributed by atoms with van der Waals surface area (Å²) < 4.78 is 0. The quantitative estimate of drug-likeness (QED) is 0.420. The second-order valence-electron chi connectivity index (χ2n) is 7.13. The molecule has 4 aromatic rings. The van der Waals surface area contributed by atoms with Gasteiger partial charge in [0.2, 0.25) is 0 Å². The van der Waals surface area contributed by atoms with Crippen molar-refractivity contribution in [2.45, 2.75) is 20.4 Å². The van der Waals surface area contributed by atoms with Crippen molar-refractivity contribution in [3.8, 4) is 11.3 Å². The number of benzene rings is 1. The molecule has 0 aliphatic heterocycles. The summed E-state index contributed by atoms with van der Waals surface area (Å²) in [4.78, 5) is 25.9. The molecule has 7 heteroatoms. The fourth-order valence-electron chi connectivity index (χ4n) is 3.36. The van der Waals surface area contributed by atoms with Crippen molar-refractivity contribution < 1.29 is 0 Å². The second-order valence-corrected chi connectivity index (χ2v) is 7.13. The number of nitrogens with zero attached hydrogens (tertiary/aromatic N) is 6. The van der Waals surface area contributed by atoms with Crippen molar-refractivity contribution in [3.05, 3.63) is 84.2 Å². The molecule has 0 amide bonds. The normalized spacial score (nSPS) is 11.8. The second kappa shape index (κ2) is 9.70. The van der Waals surface area contributed by atoms with Crippen LogP contribution in [0.25, 0.3) is 27.9 Å². The Hall–Kier alpha value is -4.26. The summed E-state index contributed by atoms with van der Waals surface area (Å²) in [5, 5.41) is 4.33. The highest BCUT2D eigenvalue weighted by Crippen LogP contribution is 2.25. The number of rotatable bonds is 7. The van der Waals surface area contributed by atoms with Crippen molar-refractivity contribution in [1.82, 2.24) is 19.9 Å². The lowest BCUT2D eigenvalue weighted by Crippen LogP contribution is -2.03. The van der Waals surface area contributed by atoms with E-state index in [9.17, 15) is 0 Å². The molecule has 0 fully saturated rings. The van der Waals surface area contributed by atoms with Gasteiger partial charge in [-0.15, -0.1) is 0 Å². The van der Waals surface area contributed by atoms with Gasteiger partial charge in [0.15, 0.2) is 0 Å². The van der Waals surface area contributed by atoms with Gasteiger partial charge in [0.25, 0.3) is 0 Å². The van der Waals surface area contributed by atoms with Crippen LogP contribution in [0.5, 0.6) is 0 Å². The molecule has 1 aromatic carbocycles. The molecule has 0 aliphatic rings. The van der Waals surface area contributed by atoms with Crippen LogP contribution in [0.3, 0.4) is 0 Å². The Morgan fingerprint density at radius 3 is 2.72 bits per heavy atom. The third kappa shape index (κ3) is 4.73. The molecule has 0 bridgehead atoms. The molecule has 0 atom stereocenters. The zero-order valence-corrected chi connectivity index (χ0v) is 18.0. The standard InChI is InChI=1S/C25H23N7/c1-4-27-24(15-26-3)19-6-7-21-23(12-19)31-16-32-25(21)30-14-18-5-8-22(29-13-18)20-9-10-28-17(2)11-20/h4-13,15-16H,3,14H2,1-2H3,(H,30,31,32)/b24-15-,27-4?. The average Bonchev–Trinajstić information content (AvgIpc) is 2.82. The van der Waals surface area contributed by atoms with Crippen LogP contribution in [0.2, 0.25) is 0 Å². The molecule has 0 spiro atoms. The molecule has 0 saturated carbocycles. The van der Waals surface area contributed by atoms with Crippen molar-refractivity contribution >= 4 is 35.3 Å². The van der Waals surface area contributed by atoms with Gasteiger partial charge in [-0.3, -0.25) is 20.0 Å². The van der Waals surface area contributed by atoms with Gasteiger partial charge >= 0.3 is 0 Å². The predicted octanol–water partition coefficient (Wildman–Crippen LogP) is 5.10. The maximum absolute atomic E-state index is 4.60. The topological polar surface area (TPSA) is 88.3 Å². The Morgan fingerprint density at radius 2 is 1.97 bits per heavy atom. The van der Waals surface area contributed by atoms with Crippen LogP contribution in [-0.2, 0) is 6.54 Å². The summed E-state index contributed by atoms with van der Waals surface area (Å²) in [7, 11) is 0. The highest BCUT2D eigenvalue weighted by atomic mass is 15.0. The maximum Gasteiger partial charge on any atom is 0.137 e. The third-order valence-electron chi connectivity index (χ3n) is 4.89. The van der Waals surface area contributed by atoms with Crippen molar-refractivity contribution in [2.75, 3.05) is 5.32 Å². The number of aromatic nitrogens is 4. The Labute approximate surface area is 186 Å². The Kier molecular flexibility index (Phi) is 6.36. The molecule has 1 N–H and O–H groups in total. The molecule has 3 aromatic heterocycles. The first-order chi connectivity index (χ1) is 15.7. The Bertz CT molecular complexity index is 1310. The molecule has 32 heavy (non-hydrogen) atoms. The van der Waals surface area contributed by atoms with Crippen LogP contribution in [0.4, 0.5) is 5.82 Å². The van der Waals surface area contributed by atoms with E-state index in [1.54, 1.807) is 24.9 Å². The van der Waals surface area contributed by atoms with Crippen molar-refractivity contribution in [1.29, 1.82) is 0 Å². The van der Waals surface area contributed by atoms with Gasteiger partial charge in [-0.2, -0.15) is 0 Å². The highest BCUT2D eigenvalue weighted by molar-refractivity contribution is 5.91. The molecule has 4 rings (SSSR count). The zero-order valence-electron chi connectivity index (χ0n) is 18.0. The number of fused-ring (bicyclic) bond motifs is 1. The first-order valence-corrected chi connectivity index (χ1v) is 10.2. The molecule has 158 valence electrons. The summed E-state index contributed by atoms with van der Waals surface area (Å²) >= 11 is 0. The Balaban J connectivity index is 1.53. The molecule has 0 aliphatic carbocycles. The van der Waals surface area contributed by atoms with E-state index in [4.69, 9.17) is 0 Å². The highest BCUT2D eigenvalue weighted by Gasteiger charge is 2.08. The minimum absolute atomic E-state index is 0.599. The van der Waals surface area contributed by atoms with Gasteiger partial charge in [-0.05, 0) is 56.5 Å². The van der Waals surface area contributed by atoms with Gasteiger partial charge in [-0.25, -0.2) is 9.97 Å². The zero-order chi connectivity index (χ0) is 22.3. The van der Waals surface area contributed by atoms with E-state index < -0.39 is 0 Å². The SMILES string of the molecule is C=N/C=C(\N=CC)c1ccc2c(NCc3ccc(-c4ccnc(C)c4)nc3)ncnc2c1. The molecule has 0 saturated heterocycles. The van der Waals surface area contributed by atoms with Crippen LogP contribution in [0.15, 0.2) is 77.4 Å². The van der Waals surface area contributed by atoms with E-state index in [1.165, 1.54) is 0 Å². The number of anilines is 1. The first kappa shape index (κ1) is 21.0. The smallest absolute Gasteiger partial charge is 0.137 e. The third-order valence-corrected chi connectivity index (χ3v) is 4.89. The Morgan fingerprint density at radius 1 is 1.06 bits per heavy atom. The van der Waals surface area contributed by atoms with Gasteiger partial charge in [0.1, 0.15) is 12.1 Å². The monoisotopic (exact) mass is 421 g/mol. The summed E-state index contributed by atoms with van der Waals surface area (Å²) in [5.41, 5.74) is 6.48. The molecule has 7 nitrogen and oxygen atoms in total. The molecular weight excluding hydrogens is 398 g/mol. The first-order valence-electron chi connectivity index (χ1n) is 10.2. The van der Waals surface area contributed by atoms with E-state index in [-0.39, 0.29) is 0 Å². The van der Waals surface area contributed by atoms with E-state index in [0.29, 0.717) is 6.54 Å². The summed E-state index contributed by atoms with van der Waals surface area (Å²) in [6.45, 7) is 7.96. The number of aliphatic imine (C=N–C) groups is 2. The summed E-state index contributed by atoms with van der Waals surface area (Å²) in [6.07, 6.45) is 8.59. The van der Waals surface area contributed by atoms with Crippen LogP contribution < -0.4 is 5.32 Å². The van der Waals surface area contributed by atoms with Crippen LogP contribution >= 0.6 is 0 Å². The number of pyridine rings is 2. The van der Waals surface area contributed by atoms with Gasteiger partial charge in [0.05, 0.1) is 23.1 Å². The minimum atomic E-state index is 0.599. The van der Waals surface area contributed by atoms with E-state index in [1.807, 2.05) is 56.4 Å². The predicted molar refractivity (Wildman–Crippen MR) is 131 cm³/mol.